The summed E-state index contributed by atoms with van der Waals surface area (Å²) in [4.78, 5) is 30.0. The maximum Gasteiger partial charge on any atom is 0.254 e. The van der Waals surface area contributed by atoms with Crippen molar-refractivity contribution in [2.75, 3.05) is 18.6 Å². The molecule has 6 heteroatoms. The molecule has 0 fully saturated rings. The van der Waals surface area contributed by atoms with Crippen LogP contribution < -0.4 is 5.32 Å². The van der Waals surface area contributed by atoms with Crippen molar-refractivity contribution >= 4 is 40.2 Å². The number of anilines is 1. The number of nitrogens with one attached hydrogen (secondary N) is 1. The Morgan fingerprint density at radius 2 is 1.70 bits per heavy atom. The molecular formula is C27H25N3O2S. The first-order chi connectivity index (χ1) is 16.0. The van der Waals surface area contributed by atoms with Crippen LogP contribution in [0.3, 0.4) is 0 Å². The van der Waals surface area contributed by atoms with Gasteiger partial charge in [-0.2, -0.15) is 0 Å². The molecule has 0 saturated heterocycles. The summed E-state index contributed by atoms with van der Waals surface area (Å²) in [7, 11) is 3.78. The number of nitrogens with zero attached hydrogens (tertiary/aromatic N) is 2. The summed E-state index contributed by atoms with van der Waals surface area (Å²) in [5.74, 6) is -0.748. The highest BCUT2D eigenvalue weighted by molar-refractivity contribution is 7.98. The van der Waals surface area contributed by atoms with Crippen molar-refractivity contribution in [2.45, 2.75) is 16.9 Å². The number of carbonyl (C=O) groups is 2. The molecule has 0 spiro atoms. The van der Waals surface area contributed by atoms with Crippen LogP contribution in [0.1, 0.15) is 33.4 Å². The lowest BCUT2D eigenvalue weighted by Gasteiger charge is -2.39. The third kappa shape index (κ3) is 3.60. The first-order valence-electron chi connectivity index (χ1n) is 10.8. The fourth-order valence-electron chi connectivity index (χ4n) is 4.88. The Labute approximate surface area is 197 Å². The van der Waals surface area contributed by atoms with Crippen LogP contribution in [0.25, 0.3) is 10.9 Å². The van der Waals surface area contributed by atoms with Gasteiger partial charge in [-0.3, -0.25) is 9.59 Å². The molecule has 2 atom stereocenters. The van der Waals surface area contributed by atoms with Crippen LogP contribution in [0.4, 0.5) is 5.69 Å². The quantitative estimate of drug-likeness (QED) is 0.417. The largest absolute Gasteiger partial charge is 0.350 e. The van der Waals surface area contributed by atoms with Gasteiger partial charge < -0.3 is 14.8 Å². The molecule has 166 valence electrons. The Bertz CT molecular complexity index is 1380. The number of hydrogen-bond donors (Lipinski definition) is 1. The molecule has 0 aliphatic carbocycles. The van der Waals surface area contributed by atoms with Gasteiger partial charge in [0.2, 0.25) is 5.91 Å². The maximum absolute atomic E-state index is 13.8. The number of amides is 2. The zero-order chi connectivity index (χ0) is 23.1. The lowest BCUT2D eigenvalue weighted by Crippen LogP contribution is -2.44. The Balaban J connectivity index is 1.66. The number of para-hydroxylation sites is 1. The molecule has 1 aromatic heterocycles. The average Bonchev–Trinajstić information content (AvgIpc) is 3.17. The van der Waals surface area contributed by atoms with Crippen molar-refractivity contribution < 1.29 is 9.59 Å². The molecule has 5 rings (SSSR count). The second-order valence-corrected chi connectivity index (χ2v) is 9.24. The summed E-state index contributed by atoms with van der Waals surface area (Å²) in [5.41, 5.74) is 4.13. The van der Waals surface area contributed by atoms with Gasteiger partial charge in [0.15, 0.2) is 0 Å². The van der Waals surface area contributed by atoms with Crippen molar-refractivity contribution in [2.24, 2.45) is 7.05 Å². The predicted octanol–water partition coefficient (Wildman–Crippen LogP) is 5.45. The van der Waals surface area contributed by atoms with Crippen molar-refractivity contribution in [1.29, 1.82) is 0 Å². The average molecular weight is 456 g/mol. The van der Waals surface area contributed by atoms with E-state index in [0.29, 0.717) is 5.56 Å². The van der Waals surface area contributed by atoms with Gasteiger partial charge in [-0.1, -0.05) is 42.5 Å². The van der Waals surface area contributed by atoms with E-state index in [1.165, 1.54) is 0 Å². The summed E-state index contributed by atoms with van der Waals surface area (Å²) in [6.45, 7) is 0. The van der Waals surface area contributed by atoms with E-state index >= 15 is 0 Å². The second-order valence-electron chi connectivity index (χ2n) is 8.36. The molecule has 2 unspecified atom stereocenters. The number of aromatic nitrogens is 1. The highest BCUT2D eigenvalue weighted by Gasteiger charge is 2.43. The first kappa shape index (κ1) is 21.3. The van der Waals surface area contributed by atoms with Crippen LogP contribution in [-0.2, 0) is 11.8 Å². The third-order valence-corrected chi connectivity index (χ3v) is 7.17. The SMILES string of the molecule is CSc1cccc(NC(=O)C2c3ccccc3C(=O)N(C)C2c2cn(C)c3ccccc23)c1. The van der Waals surface area contributed by atoms with Crippen molar-refractivity contribution in [1.82, 2.24) is 9.47 Å². The number of benzene rings is 3. The zero-order valence-electron chi connectivity index (χ0n) is 18.8. The van der Waals surface area contributed by atoms with E-state index in [1.54, 1.807) is 23.7 Å². The van der Waals surface area contributed by atoms with E-state index in [4.69, 9.17) is 0 Å². The highest BCUT2D eigenvalue weighted by Crippen LogP contribution is 2.44. The molecule has 33 heavy (non-hydrogen) atoms. The van der Waals surface area contributed by atoms with Crippen molar-refractivity contribution in [3.63, 3.8) is 0 Å². The minimum absolute atomic E-state index is 0.0723. The van der Waals surface area contributed by atoms with Gasteiger partial charge in [-0.05, 0) is 42.2 Å². The summed E-state index contributed by atoms with van der Waals surface area (Å²) in [5, 5.41) is 4.17. The number of thioether (sulfide) groups is 1. The van der Waals surface area contributed by atoms with Crippen LogP contribution in [0.15, 0.2) is 83.9 Å². The van der Waals surface area contributed by atoms with E-state index in [-0.39, 0.29) is 11.8 Å². The molecule has 5 nitrogen and oxygen atoms in total. The Morgan fingerprint density at radius 3 is 2.52 bits per heavy atom. The standard InChI is InChI=1S/C27H25N3O2S/c1-29-16-22(19-11-6-7-14-23(19)29)25-24(20-12-4-5-13-21(20)27(32)30(25)2)26(31)28-17-9-8-10-18(15-17)33-3/h4-16,24-25H,1-3H3,(H,28,31). The van der Waals surface area contributed by atoms with Crippen LogP contribution in [-0.4, -0.2) is 34.6 Å². The fraction of sp³-hybridized carbons (Fsp3) is 0.185. The molecule has 2 amide bonds. The Kier molecular flexibility index (Phi) is 5.46. The highest BCUT2D eigenvalue weighted by atomic mass is 32.2. The lowest BCUT2D eigenvalue weighted by molar-refractivity contribution is -0.119. The Hall–Kier alpha value is -3.51. The molecule has 4 aromatic rings. The zero-order valence-corrected chi connectivity index (χ0v) is 19.6. The van der Waals surface area contributed by atoms with Gasteiger partial charge in [0.1, 0.15) is 0 Å². The summed E-state index contributed by atoms with van der Waals surface area (Å²) >= 11 is 1.63. The smallest absolute Gasteiger partial charge is 0.254 e. The molecule has 0 bridgehead atoms. The normalized spacial score (nSPS) is 17.8. The summed E-state index contributed by atoms with van der Waals surface area (Å²) in [6.07, 6.45) is 4.05. The van der Waals surface area contributed by atoms with Gasteiger partial charge in [-0.25, -0.2) is 0 Å². The predicted molar refractivity (Wildman–Crippen MR) is 134 cm³/mol. The van der Waals surface area contributed by atoms with E-state index in [2.05, 4.69) is 22.0 Å². The van der Waals surface area contributed by atoms with Gasteiger partial charge in [0, 0.05) is 52.9 Å². The van der Waals surface area contributed by atoms with Gasteiger partial charge in [0.25, 0.3) is 5.91 Å². The second kappa shape index (κ2) is 8.45. The number of rotatable bonds is 4. The topological polar surface area (TPSA) is 54.3 Å². The first-order valence-corrected chi connectivity index (χ1v) is 12.1. The van der Waals surface area contributed by atoms with Crippen molar-refractivity contribution in [3.05, 3.63) is 95.7 Å². The van der Waals surface area contributed by atoms with Gasteiger partial charge >= 0.3 is 0 Å². The molecular weight excluding hydrogens is 430 g/mol. The number of carbonyl (C=O) groups excluding carboxylic acids is 2. The molecule has 0 saturated carbocycles. The van der Waals surface area contributed by atoms with Crippen LogP contribution in [0.2, 0.25) is 0 Å². The lowest BCUT2D eigenvalue weighted by atomic mass is 9.79. The third-order valence-electron chi connectivity index (χ3n) is 6.45. The van der Waals surface area contributed by atoms with Crippen LogP contribution in [0, 0.1) is 0 Å². The monoisotopic (exact) mass is 455 g/mol. The van der Waals surface area contributed by atoms with E-state index in [1.807, 2.05) is 80.2 Å². The molecule has 3 aromatic carbocycles. The van der Waals surface area contributed by atoms with Gasteiger partial charge in [0.05, 0.1) is 12.0 Å². The van der Waals surface area contributed by atoms with E-state index < -0.39 is 12.0 Å². The van der Waals surface area contributed by atoms with E-state index in [9.17, 15) is 9.59 Å². The van der Waals surface area contributed by atoms with Crippen molar-refractivity contribution in [3.8, 4) is 0 Å². The summed E-state index contributed by atoms with van der Waals surface area (Å²) < 4.78 is 2.06. The number of fused-ring (bicyclic) bond motifs is 2. The molecule has 1 aliphatic heterocycles. The minimum atomic E-state index is -0.548. The molecule has 1 N–H and O–H groups in total. The molecule has 1 aliphatic rings. The van der Waals surface area contributed by atoms with Gasteiger partial charge in [-0.15, -0.1) is 11.8 Å². The summed E-state index contributed by atoms with van der Waals surface area (Å²) in [6, 6.07) is 23.0. The van der Waals surface area contributed by atoms with Crippen LogP contribution in [0.5, 0.6) is 0 Å². The number of likely N-dealkylation sites (N-methyl/N-ethyl adjacent to an activating group) is 1. The fourth-order valence-corrected chi connectivity index (χ4v) is 5.33. The van der Waals surface area contributed by atoms with E-state index in [0.717, 1.165) is 32.6 Å². The number of aryl methyl sites for hydroxylation is 1. The molecule has 2 heterocycles. The molecule has 0 radical (unpaired) electrons. The van der Waals surface area contributed by atoms with Crippen LogP contribution >= 0.6 is 11.8 Å². The minimum Gasteiger partial charge on any atom is -0.350 e. The maximum atomic E-state index is 13.8. The number of hydrogen-bond acceptors (Lipinski definition) is 3. The Morgan fingerprint density at radius 1 is 0.939 bits per heavy atom.